The highest BCUT2D eigenvalue weighted by Crippen LogP contribution is 2.27. The maximum Gasteiger partial charge on any atom is 0.182 e. The number of amidine groups is 2. The molecule has 1 aliphatic rings. The summed E-state index contributed by atoms with van der Waals surface area (Å²) in [6.07, 6.45) is 1.81. The molecule has 0 saturated carbocycles. The number of benzene rings is 1. The van der Waals surface area contributed by atoms with Gasteiger partial charge in [0.05, 0.1) is 11.3 Å². The normalized spacial score (nSPS) is 17.6. The minimum absolute atomic E-state index is 0.156. The summed E-state index contributed by atoms with van der Waals surface area (Å²) >= 11 is 1.52. The van der Waals surface area contributed by atoms with E-state index in [0.717, 1.165) is 22.2 Å². The highest BCUT2D eigenvalue weighted by atomic mass is 32.2. The van der Waals surface area contributed by atoms with Gasteiger partial charge in [-0.1, -0.05) is 18.2 Å². The molecular weight excluding hydrogens is 376 g/mol. The number of hydrazone groups is 1. The number of hydrogen-bond acceptors (Lipinski definition) is 9. The minimum Gasteiger partial charge on any atom is -0.453 e. The summed E-state index contributed by atoms with van der Waals surface area (Å²) in [7, 11) is 1.90. The van der Waals surface area contributed by atoms with Crippen molar-refractivity contribution in [2.45, 2.75) is 5.50 Å². The van der Waals surface area contributed by atoms with Crippen LogP contribution in [0.25, 0.3) is 22.2 Å². The fraction of sp³-hybridized carbons (Fsp3) is 0.167. The van der Waals surface area contributed by atoms with Crippen molar-refractivity contribution in [1.29, 1.82) is 0 Å². The Morgan fingerprint density at radius 1 is 1.32 bits per heavy atom. The molecule has 144 valence electrons. The van der Waals surface area contributed by atoms with E-state index in [0.29, 0.717) is 23.2 Å². The van der Waals surface area contributed by atoms with Gasteiger partial charge in [0.25, 0.3) is 0 Å². The molecule has 9 nitrogen and oxygen atoms in total. The Bertz CT molecular complexity index is 1050. The fourth-order valence-corrected chi connectivity index (χ4v) is 3.73. The molecule has 2 aromatic heterocycles. The van der Waals surface area contributed by atoms with Crippen LogP contribution in [0.1, 0.15) is 5.76 Å². The van der Waals surface area contributed by atoms with Crippen LogP contribution in [0.3, 0.4) is 0 Å². The SMILES string of the molecule is CN1NC(c2ccc(-c3cnc4ccccc4c3)o2)=NC1SCC(=NN)NN. The number of nitrogens with two attached hydrogens (primary N) is 2. The molecule has 1 aliphatic heterocycles. The summed E-state index contributed by atoms with van der Waals surface area (Å²) < 4.78 is 6.02. The van der Waals surface area contributed by atoms with E-state index in [9.17, 15) is 0 Å². The largest absolute Gasteiger partial charge is 0.453 e. The van der Waals surface area contributed by atoms with Crippen LogP contribution < -0.4 is 22.5 Å². The lowest BCUT2D eigenvalue weighted by Gasteiger charge is -2.17. The molecule has 1 unspecified atom stereocenters. The van der Waals surface area contributed by atoms with Crippen molar-refractivity contribution in [2.24, 2.45) is 21.8 Å². The number of thioether (sulfide) groups is 1. The molecule has 0 fully saturated rings. The summed E-state index contributed by atoms with van der Waals surface area (Å²) in [5.41, 5.74) is 7.38. The van der Waals surface area contributed by atoms with Crippen molar-refractivity contribution in [2.75, 3.05) is 12.8 Å². The first-order valence-corrected chi connectivity index (χ1v) is 9.60. The Morgan fingerprint density at radius 3 is 2.96 bits per heavy atom. The quantitative estimate of drug-likeness (QED) is 0.221. The van der Waals surface area contributed by atoms with E-state index in [4.69, 9.17) is 16.1 Å². The van der Waals surface area contributed by atoms with Gasteiger partial charge in [0, 0.05) is 24.2 Å². The highest BCUT2D eigenvalue weighted by molar-refractivity contribution is 8.00. The number of nitrogens with one attached hydrogen (secondary N) is 2. The third-order valence-electron chi connectivity index (χ3n) is 4.26. The number of para-hydroxylation sites is 1. The molecule has 1 aromatic carbocycles. The molecule has 6 N–H and O–H groups in total. The van der Waals surface area contributed by atoms with Crippen molar-refractivity contribution >= 4 is 34.3 Å². The van der Waals surface area contributed by atoms with Crippen LogP contribution in [0.15, 0.2) is 63.2 Å². The predicted molar refractivity (Wildman–Crippen MR) is 112 cm³/mol. The average Bonchev–Trinajstić information content (AvgIpc) is 3.35. The van der Waals surface area contributed by atoms with Crippen LogP contribution in [-0.4, -0.2) is 40.0 Å². The van der Waals surface area contributed by atoms with Gasteiger partial charge in [0.2, 0.25) is 0 Å². The minimum atomic E-state index is -0.156. The van der Waals surface area contributed by atoms with E-state index < -0.39 is 0 Å². The topological polar surface area (TPSA) is 130 Å². The van der Waals surface area contributed by atoms with Gasteiger partial charge in [-0.25, -0.2) is 10.8 Å². The lowest BCUT2D eigenvalue weighted by Crippen LogP contribution is -2.38. The Morgan fingerprint density at radius 2 is 2.14 bits per heavy atom. The van der Waals surface area contributed by atoms with Crippen LogP contribution in [0.5, 0.6) is 0 Å². The van der Waals surface area contributed by atoms with Crippen LogP contribution in [0.4, 0.5) is 0 Å². The summed E-state index contributed by atoms with van der Waals surface area (Å²) in [6.45, 7) is 0. The molecule has 1 atom stereocenters. The summed E-state index contributed by atoms with van der Waals surface area (Å²) in [5.74, 6) is 13.7. The second kappa shape index (κ2) is 7.89. The lowest BCUT2D eigenvalue weighted by molar-refractivity contribution is 0.306. The maximum atomic E-state index is 6.02. The smallest absolute Gasteiger partial charge is 0.182 e. The number of furan rings is 1. The Labute approximate surface area is 165 Å². The third kappa shape index (κ3) is 3.65. The second-order valence-electron chi connectivity index (χ2n) is 6.14. The number of pyridine rings is 1. The number of nitrogens with zero attached hydrogens (tertiary/aromatic N) is 4. The molecular formula is C18H20N8OS. The first-order chi connectivity index (χ1) is 13.7. The Balaban J connectivity index is 1.52. The molecule has 0 amide bonds. The highest BCUT2D eigenvalue weighted by Gasteiger charge is 2.26. The third-order valence-corrected chi connectivity index (χ3v) is 5.42. The van der Waals surface area contributed by atoms with Crippen LogP contribution >= 0.6 is 11.8 Å². The number of hydrogen-bond donors (Lipinski definition) is 4. The van der Waals surface area contributed by atoms with E-state index in [2.05, 4.69) is 32.0 Å². The summed E-state index contributed by atoms with van der Waals surface area (Å²) in [4.78, 5) is 9.15. The van der Waals surface area contributed by atoms with Crippen LogP contribution in [-0.2, 0) is 0 Å². The number of rotatable bonds is 5. The molecule has 0 aliphatic carbocycles. The van der Waals surface area contributed by atoms with Crippen molar-refractivity contribution in [1.82, 2.24) is 20.8 Å². The average molecular weight is 396 g/mol. The number of fused-ring (bicyclic) bond motifs is 1. The molecule has 0 bridgehead atoms. The van der Waals surface area contributed by atoms with E-state index in [1.165, 1.54) is 11.8 Å². The van der Waals surface area contributed by atoms with Gasteiger partial charge in [-0.2, -0.15) is 10.1 Å². The zero-order valence-corrected chi connectivity index (χ0v) is 16.0. The predicted octanol–water partition coefficient (Wildman–Crippen LogP) is 1.44. The monoisotopic (exact) mass is 396 g/mol. The van der Waals surface area contributed by atoms with Crippen molar-refractivity contribution in [3.8, 4) is 11.3 Å². The second-order valence-corrected chi connectivity index (χ2v) is 7.18. The number of aromatic nitrogens is 1. The molecule has 0 spiro atoms. The molecule has 3 aromatic rings. The van der Waals surface area contributed by atoms with Gasteiger partial charge in [-0.3, -0.25) is 10.4 Å². The van der Waals surface area contributed by atoms with Gasteiger partial charge in [-0.15, -0.1) is 11.8 Å². The van der Waals surface area contributed by atoms with Gasteiger partial charge >= 0.3 is 0 Å². The Kier molecular flexibility index (Phi) is 5.15. The fourth-order valence-electron chi connectivity index (χ4n) is 2.81. The molecule has 3 heterocycles. The van der Waals surface area contributed by atoms with Gasteiger partial charge in [0.15, 0.2) is 17.1 Å². The standard InChI is InChI=1S/C18H20N8OS/c1-26-18(28-10-16(23-19)24-20)22-17(25-26)15-7-6-14(27-15)12-8-11-4-2-3-5-13(11)21-9-12/h2-9,18H,10,19-20H2,1H3,(H,22,25)(H,23,24). The zero-order valence-electron chi connectivity index (χ0n) is 15.2. The van der Waals surface area contributed by atoms with Crippen LogP contribution in [0, 0.1) is 0 Å². The molecule has 28 heavy (non-hydrogen) atoms. The Hall–Kier alpha value is -3.08. The van der Waals surface area contributed by atoms with Crippen molar-refractivity contribution in [3.05, 3.63) is 54.4 Å². The van der Waals surface area contributed by atoms with Gasteiger partial charge in [0.1, 0.15) is 11.6 Å². The van der Waals surface area contributed by atoms with Gasteiger partial charge < -0.3 is 15.7 Å². The van der Waals surface area contributed by atoms with Crippen molar-refractivity contribution in [3.63, 3.8) is 0 Å². The molecule has 0 saturated heterocycles. The molecule has 0 radical (unpaired) electrons. The van der Waals surface area contributed by atoms with Crippen molar-refractivity contribution < 1.29 is 4.42 Å². The van der Waals surface area contributed by atoms with E-state index in [1.54, 1.807) is 0 Å². The van der Waals surface area contributed by atoms with E-state index >= 15 is 0 Å². The number of aliphatic imine (C=N–C) groups is 1. The summed E-state index contributed by atoms with van der Waals surface area (Å²) in [6, 6.07) is 13.9. The summed E-state index contributed by atoms with van der Waals surface area (Å²) in [5, 5.41) is 6.52. The first-order valence-electron chi connectivity index (χ1n) is 8.55. The van der Waals surface area contributed by atoms with Crippen LogP contribution in [0.2, 0.25) is 0 Å². The molecule has 4 rings (SSSR count). The number of hydrazine groups is 2. The maximum absolute atomic E-state index is 6.02. The van der Waals surface area contributed by atoms with E-state index in [-0.39, 0.29) is 5.50 Å². The first kappa shape index (κ1) is 18.3. The van der Waals surface area contributed by atoms with Gasteiger partial charge in [-0.05, 0) is 24.3 Å². The lowest BCUT2D eigenvalue weighted by atomic mass is 10.1. The van der Waals surface area contributed by atoms with E-state index in [1.807, 2.05) is 54.7 Å². The molecule has 10 heteroatoms. The zero-order chi connectivity index (χ0) is 19.5.